The molecule has 1 aromatic carbocycles. The van der Waals surface area contributed by atoms with Crippen molar-refractivity contribution < 1.29 is 19.0 Å². The average Bonchev–Trinajstić information content (AvgIpc) is 2.40. The summed E-state index contributed by atoms with van der Waals surface area (Å²) in [6.45, 7) is 1.42. The number of allylic oxidation sites excluding steroid dienone is 2. The van der Waals surface area contributed by atoms with E-state index in [2.05, 4.69) is 0 Å². The third-order valence-corrected chi connectivity index (χ3v) is 3.65. The lowest BCUT2D eigenvalue weighted by molar-refractivity contribution is -0.116. The quantitative estimate of drug-likeness (QED) is 0.842. The number of halogens is 1. The molecule has 2 rings (SSSR count). The fraction of sp³-hybridized carbons (Fsp3) is 0.438. The van der Waals surface area contributed by atoms with Gasteiger partial charge in [-0.25, -0.2) is 4.39 Å². The van der Waals surface area contributed by atoms with Gasteiger partial charge < -0.3 is 9.84 Å². The summed E-state index contributed by atoms with van der Waals surface area (Å²) in [5, 5.41) is 8.85. The van der Waals surface area contributed by atoms with Crippen LogP contribution < -0.4 is 0 Å². The first-order valence-electron chi connectivity index (χ1n) is 6.83. The molecule has 1 aliphatic rings. The van der Waals surface area contributed by atoms with Crippen molar-refractivity contribution in [2.24, 2.45) is 5.92 Å². The van der Waals surface area contributed by atoms with E-state index >= 15 is 0 Å². The highest BCUT2D eigenvalue weighted by molar-refractivity contribution is 5.90. The molecule has 0 spiro atoms. The minimum absolute atomic E-state index is 0.0196. The number of benzene rings is 1. The van der Waals surface area contributed by atoms with E-state index in [1.165, 1.54) is 12.1 Å². The Bertz CT molecular complexity index is 522. The van der Waals surface area contributed by atoms with Gasteiger partial charge >= 0.3 is 0 Å². The molecule has 0 aliphatic heterocycles. The van der Waals surface area contributed by atoms with Crippen molar-refractivity contribution in [3.05, 3.63) is 47.0 Å². The Morgan fingerprint density at radius 1 is 1.45 bits per heavy atom. The Kier molecular flexibility index (Phi) is 4.90. The van der Waals surface area contributed by atoms with E-state index in [0.717, 1.165) is 5.56 Å². The number of aliphatic hydroxyl groups is 1. The van der Waals surface area contributed by atoms with Crippen LogP contribution in [0.3, 0.4) is 0 Å². The Morgan fingerprint density at radius 2 is 2.25 bits per heavy atom. The first-order valence-corrected chi connectivity index (χ1v) is 6.83. The molecule has 1 aliphatic carbocycles. The van der Waals surface area contributed by atoms with Crippen molar-refractivity contribution in [3.63, 3.8) is 0 Å². The van der Waals surface area contributed by atoms with Crippen LogP contribution in [0.2, 0.25) is 0 Å². The highest BCUT2D eigenvalue weighted by atomic mass is 19.1. The summed E-state index contributed by atoms with van der Waals surface area (Å²) < 4.78 is 18.9. The largest absolute Gasteiger partial charge is 0.472 e. The number of carbonyl (C=O) groups excluding carboxylic acids is 1. The number of rotatable bonds is 5. The lowest BCUT2D eigenvalue weighted by Crippen LogP contribution is -2.17. The first kappa shape index (κ1) is 14.7. The molecule has 1 aromatic rings. The van der Waals surface area contributed by atoms with Crippen LogP contribution in [-0.2, 0) is 16.0 Å². The summed E-state index contributed by atoms with van der Waals surface area (Å²) in [4.78, 5) is 11.4. The summed E-state index contributed by atoms with van der Waals surface area (Å²) in [5.74, 6) is 0.425. The lowest BCUT2D eigenvalue weighted by atomic mass is 9.88. The number of ether oxygens (including phenoxy) is 1. The van der Waals surface area contributed by atoms with Gasteiger partial charge in [-0.05, 0) is 43.4 Å². The molecule has 108 valence electrons. The molecule has 0 fully saturated rings. The van der Waals surface area contributed by atoms with Crippen LogP contribution in [0, 0.1) is 18.7 Å². The minimum Gasteiger partial charge on any atom is -0.472 e. The SMILES string of the molecule is Cc1ccc(CC[C@@H]2CCC(=O)C=C2OCO)c(F)c1. The van der Waals surface area contributed by atoms with E-state index in [0.29, 0.717) is 37.0 Å². The third kappa shape index (κ3) is 3.67. The Hall–Kier alpha value is -1.68. The fourth-order valence-corrected chi connectivity index (χ4v) is 2.51. The summed E-state index contributed by atoms with van der Waals surface area (Å²) in [6, 6.07) is 5.22. The van der Waals surface area contributed by atoms with Crippen molar-refractivity contribution >= 4 is 5.78 Å². The van der Waals surface area contributed by atoms with Crippen molar-refractivity contribution in [2.45, 2.75) is 32.6 Å². The van der Waals surface area contributed by atoms with Crippen LogP contribution in [0.25, 0.3) is 0 Å². The van der Waals surface area contributed by atoms with Crippen molar-refractivity contribution in [2.75, 3.05) is 6.79 Å². The topological polar surface area (TPSA) is 46.5 Å². The Balaban J connectivity index is 2.02. The second-order valence-corrected chi connectivity index (χ2v) is 5.16. The fourth-order valence-electron chi connectivity index (χ4n) is 2.51. The Morgan fingerprint density at radius 3 is 2.95 bits per heavy atom. The van der Waals surface area contributed by atoms with Crippen LogP contribution in [0.4, 0.5) is 4.39 Å². The number of hydrogen-bond donors (Lipinski definition) is 1. The van der Waals surface area contributed by atoms with Crippen molar-refractivity contribution in [1.82, 2.24) is 0 Å². The second-order valence-electron chi connectivity index (χ2n) is 5.16. The number of ketones is 1. The van der Waals surface area contributed by atoms with Gasteiger partial charge in [0, 0.05) is 18.4 Å². The van der Waals surface area contributed by atoms with Gasteiger partial charge in [-0.2, -0.15) is 0 Å². The average molecular weight is 278 g/mol. The number of aliphatic hydroxyl groups excluding tert-OH is 1. The van der Waals surface area contributed by atoms with Crippen LogP contribution in [0.15, 0.2) is 30.0 Å². The maximum Gasteiger partial charge on any atom is 0.185 e. The predicted molar refractivity (Wildman–Crippen MR) is 73.4 cm³/mol. The van der Waals surface area contributed by atoms with Gasteiger partial charge in [0.1, 0.15) is 11.6 Å². The summed E-state index contributed by atoms with van der Waals surface area (Å²) in [7, 11) is 0. The highest BCUT2D eigenvalue weighted by Gasteiger charge is 2.23. The maximum atomic E-state index is 13.8. The zero-order valence-corrected chi connectivity index (χ0v) is 11.6. The van der Waals surface area contributed by atoms with E-state index < -0.39 is 6.79 Å². The monoisotopic (exact) mass is 278 g/mol. The molecule has 3 nitrogen and oxygen atoms in total. The normalized spacial score (nSPS) is 18.9. The van der Waals surface area contributed by atoms with E-state index in [9.17, 15) is 9.18 Å². The predicted octanol–water partition coefficient (Wildman–Crippen LogP) is 2.90. The van der Waals surface area contributed by atoms with Crippen molar-refractivity contribution in [1.29, 1.82) is 0 Å². The maximum absolute atomic E-state index is 13.8. The smallest absolute Gasteiger partial charge is 0.185 e. The van der Waals surface area contributed by atoms with E-state index in [-0.39, 0.29) is 17.5 Å². The van der Waals surface area contributed by atoms with Gasteiger partial charge in [0.05, 0.1) is 0 Å². The minimum atomic E-state index is -0.436. The summed E-state index contributed by atoms with van der Waals surface area (Å²) in [6.07, 6.45) is 3.93. The van der Waals surface area contributed by atoms with Crippen LogP contribution in [0.1, 0.15) is 30.4 Å². The van der Waals surface area contributed by atoms with E-state index in [1.807, 2.05) is 13.0 Å². The van der Waals surface area contributed by atoms with E-state index in [4.69, 9.17) is 9.84 Å². The number of carbonyl (C=O) groups is 1. The van der Waals surface area contributed by atoms with Crippen molar-refractivity contribution in [3.8, 4) is 0 Å². The zero-order valence-electron chi connectivity index (χ0n) is 11.6. The van der Waals surface area contributed by atoms with Gasteiger partial charge in [-0.3, -0.25) is 4.79 Å². The molecular formula is C16H19FO3. The van der Waals surface area contributed by atoms with Gasteiger partial charge in [0.25, 0.3) is 0 Å². The summed E-state index contributed by atoms with van der Waals surface area (Å²) in [5.41, 5.74) is 1.58. The van der Waals surface area contributed by atoms with Gasteiger partial charge in [-0.1, -0.05) is 12.1 Å². The molecule has 0 saturated heterocycles. The van der Waals surface area contributed by atoms with Crippen LogP contribution >= 0.6 is 0 Å². The van der Waals surface area contributed by atoms with Gasteiger partial charge in [-0.15, -0.1) is 0 Å². The molecule has 0 amide bonds. The summed E-state index contributed by atoms with van der Waals surface area (Å²) >= 11 is 0. The van der Waals surface area contributed by atoms with E-state index in [1.54, 1.807) is 6.07 Å². The molecule has 0 radical (unpaired) electrons. The second kappa shape index (κ2) is 6.66. The number of aryl methyl sites for hydroxylation is 2. The Labute approximate surface area is 118 Å². The standard InChI is InChI=1S/C16H19FO3/c1-11-2-3-12(15(17)8-11)4-5-13-6-7-14(19)9-16(13)20-10-18/h2-3,8-9,13,18H,4-7,10H2,1H3/t13-/m1/s1. The number of hydrogen-bond acceptors (Lipinski definition) is 3. The zero-order chi connectivity index (χ0) is 14.5. The molecule has 1 N–H and O–H groups in total. The van der Waals surface area contributed by atoms with Crippen LogP contribution in [-0.4, -0.2) is 17.7 Å². The molecular weight excluding hydrogens is 259 g/mol. The lowest BCUT2D eigenvalue weighted by Gasteiger charge is -2.23. The van der Waals surface area contributed by atoms with Gasteiger partial charge in [0.15, 0.2) is 12.6 Å². The first-order chi connectivity index (χ1) is 9.60. The third-order valence-electron chi connectivity index (χ3n) is 3.65. The van der Waals surface area contributed by atoms with Gasteiger partial charge in [0.2, 0.25) is 0 Å². The molecule has 0 aromatic heterocycles. The highest BCUT2D eigenvalue weighted by Crippen LogP contribution is 2.28. The molecule has 4 heteroatoms. The molecule has 0 unspecified atom stereocenters. The molecule has 0 bridgehead atoms. The molecule has 0 heterocycles. The molecule has 20 heavy (non-hydrogen) atoms. The van der Waals surface area contributed by atoms with Crippen LogP contribution in [0.5, 0.6) is 0 Å². The molecule has 0 saturated carbocycles. The molecule has 1 atom stereocenters.